The Morgan fingerprint density at radius 2 is 2.32 bits per heavy atom. The van der Waals surface area contributed by atoms with Crippen LogP contribution < -0.4 is 5.73 Å². The molecule has 2 unspecified atom stereocenters. The van der Waals surface area contributed by atoms with E-state index < -0.39 is 0 Å². The molecule has 2 N–H and O–H groups in total. The summed E-state index contributed by atoms with van der Waals surface area (Å²) in [6.45, 7) is 6.04. The van der Waals surface area contributed by atoms with Gasteiger partial charge in [-0.15, -0.1) is 0 Å². The van der Waals surface area contributed by atoms with Gasteiger partial charge < -0.3 is 10.2 Å². The number of nitrogens with two attached hydrogens (primary N) is 1. The van der Waals surface area contributed by atoms with Gasteiger partial charge in [-0.3, -0.25) is 4.90 Å². The van der Waals surface area contributed by atoms with Crippen molar-refractivity contribution in [2.45, 2.75) is 58.0 Å². The maximum Gasteiger partial charge on any atom is 0.105 e. The van der Waals surface area contributed by atoms with E-state index in [-0.39, 0.29) is 5.54 Å². The van der Waals surface area contributed by atoms with Crippen molar-refractivity contribution < 1.29 is 4.42 Å². The van der Waals surface area contributed by atoms with E-state index in [4.69, 9.17) is 10.2 Å². The monoisotopic (exact) mass is 264 g/mol. The Bertz CT molecular complexity index is 401. The molecule has 1 saturated carbocycles. The average Bonchev–Trinajstić information content (AvgIpc) is 2.84. The molecule has 0 aromatic carbocycles. The minimum Gasteiger partial charge on any atom is -0.469 e. The Kier molecular flexibility index (Phi) is 4.69. The molecule has 1 aliphatic rings. The first-order chi connectivity index (χ1) is 9.11. The smallest absolute Gasteiger partial charge is 0.105 e. The molecular weight excluding hydrogens is 236 g/mol. The summed E-state index contributed by atoms with van der Waals surface area (Å²) < 4.78 is 5.40. The first-order valence-electron chi connectivity index (χ1n) is 7.55. The molecular formula is C16H28N2O. The molecule has 1 heterocycles. The summed E-state index contributed by atoms with van der Waals surface area (Å²) in [5.41, 5.74) is 7.63. The van der Waals surface area contributed by atoms with Crippen LogP contribution >= 0.6 is 0 Å². The molecule has 3 heteroatoms. The number of nitrogens with zero attached hydrogens (tertiary/aromatic N) is 1. The highest BCUT2D eigenvalue weighted by Crippen LogP contribution is 2.38. The molecule has 0 aliphatic heterocycles. The van der Waals surface area contributed by atoms with E-state index in [0.29, 0.717) is 0 Å². The molecule has 0 saturated heterocycles. The summed E-state index contributed by atoms with van der Waals surface area (Å²) in [6.07, 6.45) is 8.21. The summed E-state index contributed by atoms with van der Waals surface area (Å²) in [5.74, 6) is 1.87. The van der Waals surface area contributed by atoms with Crippen LogP contribution in [0.5, 0.6) is 0 Å². The third-order valence-corrected chi connectivity index (χ3v) is 5.06. The molecule has 3 nitrogen and oxygen atoms in total. The van der Waals surface area contributed by atoms with Crippen LogP contribution in [-0.2, 0) is 6.54 Å². The summed E-state index contributed by atoms with van der Waals surface area (Å²) >= 11 is 0. The van der Waals surface area contributed by atoms with Crippen molar-refractivity contribution in [3.05, 3.63) is 23.7 Å². The van der Waals surface area contributed by atoms with Crippen LogP contribution in [0.3, 0.4) is 0 Å². The molecule has 2 rings (SSSR count). The molecule has 1 aromatic heterocycles. The predicted octanol–water partition coefficient (Wildman–Crippen LogP) is 3.32. The lowest BCUT2D eigenvalue weighted by atomic mass is 9.73. The minimum absolute atomic E-state index is 0.183. The van der Waals surface area contributed by atoms with Gasteiger partial charge in [0.2, 0.25) is 0 Å². The highest BCUT2D eigenvalue weighted by Gasteiger charge is 2.38. The third kappa shape index (κ3) is 3.03. The molecule has 2 atom stereocenters. The highest BCUT2D eigenvalue weighted by molar-refractivity contribution is 5.16. The van der Waals surface area contributed by atoms with Gasteiger partial charge in [-0.2, -0.15) is 0 Å². The topological polar surface area (TPSA) is 42.4 Å². The van der Waals surface area contributed by atoms with E-state index in [1.165, 1.54) is 37.7 Å². The van der Waals surface area contributed by atoms with Crippen molar-refractivity contribution >= 4 is 0 Å². The van der Waals surface area contributed by atoms with E-state index in [1.807, 2.05) is 6.92 Å². The fourth-order valence-corrected chi connectivity index (χ4v) is 3.50. The standard InChI is InChI=1S/C16H28N2O/c1-4-14-6-5-8-16(10-14,12-17)18(3)11-15-7-9-19-13(15)2/h7,9,14H,4-6,8,10-12,17H2,1-3H3. The van der Waals surface area contributed by atoms with Gasteiger partial charge >= 0.3 is 0 Å². The van der Waals surface area contributed by atoms with Crippen molar-refractivity contribution in [1.82, 2.24) is 4.90 Å². The zero-order valence-corrected chi connectivity index (χ0v) is 12.6. The minimum atomic E-state index is 0.183. The molecule has 19 heavy (non-hydrogen) atoms. The second kappa shape index (κ2) is 6.10. The van der Waals surface area contributed by atoms with Crippen molar-refractivity contribution in [3.63, 3.8) is 0 Å². The Labute approximate surface area is 117 Å². The van der Waals surface area contributed by atoms with Gasteiger partial charge in [0.15, 0.2) is 0 Å². The van der Waals surface area contributed by atoms with Crippen LogP contribution in [0.25, 0.3) is 0 Å². The van der Waals surface area contributed by atoms with E-state index >= 15 is 0 Å². The molecule has 1 fully saturated rings. The van der Waals surface area contributed by atoms with E-state index in [9.17, 15) is 0 Å². The van der Waals surface area contributed by atoms with Gasteiger partial charge in [0.25, 0.3) is 0 Å². The second-order valence-corrected chi connectivity index (χ2v) is 6.16. The van der Waals surface area contributed by atoms with Crippen LogP contribution in [0.2, 0.25) is 0 Å². The maximum absolute atomic E-state index is 6.16. The van der Waals surface area contributed by atoms with E-state index in [2.05, 4.69) is 24.9 Å². The zero-order chi connectivity index (χ0) is 13.9. The lowest BCUT2D eigenvalue weighted by molar-refractivity contribution is 0.0501. The molecule has 108 valence electrons. The lowest BCUT2D eigenvalue weighted by Gasteiger charge is -2.46. The molecule has 1 aromatic rings. The number of likely N-dealkylation sites (N-methyl/N-ethyl adjacent to an activating group) is 1. The zero-order valence-electron chi connectivity index (χ0n) is 12.6. The van der Waals surface area contributed by atoms with Gasteiger partial charge in [-0.05, 0) is 38.8 Å². The van der Waals surface area contributed by atoms with Crippen LogP contribution in [-0.4, -0.2) is 24.0 Å². The first-order valence-corrected chi connectivity index (χ1v) is 7.55. The van der Waals surface area contributed by atoms with Crippen LogP contribution in [0.1, 0.15) is 50.4 Å². The fraction of sp³-hybridized carbons (Fsp3) is 0.750. The SMILES string of the molecule is CCC1CCCC(CN)(N(C)Cc2ccoc2C)C1. The van der Waals surface area contributed by atoms with Crippen molar-refractivity contribution in [2.24, 2.45) is 11.7 Å². The second-order valence-electron chi connectivity index (χ2n) is 6.16. The molecule has 0 spiro atoms. The van der Waals surface area contributed by atoms with Crippen molar-refractivity contribution in [3.8, 4) is 0 Å². The Hall–Kier alpha value is -0.800. The van der Waals surface area contributed by atoms with Crippen LogP contribution in [0.4, 0.5) is 0 Å². The van der Waals surface area contributed by atoms with Crippen LogP contribution in [0.15, 0.2) is 16.7 Å². The fourth-order valence-electron chi connectivity index (χ4n) is 3.50. The molecule has 0 bridgehead atoms. The molecule has 0 radical (unpaired) electrons. The number of aryl methyl sites for hydroxylation is 1. The van der Waals surface area contributed by atoms with E-state index in [1.54, 1.807) is 6.26 Å². The normalized spacial score (nSPS) is 27.9. The summed E-state index contributed by atoms with van der Waals surface area (Å²) in [6, 6.07) is 2.08. The summed E-state index contributed by atoms with van der Waals surface area (Å²) in [7, 11) is 2.22. The average molecular weight is 264 g/mol. The lowest BCUT2D eigenvalue weighted by Crippen LogP contribution is -2.54. The van der Waals surface area contributed by atoms with Crippen molar-refractivity contribution in [2.75, 3.05) is 13.6 Å². The van der Waals surface area contributed by atoms with Crippen LogP contribution in [0, 0.1) is 12.8 Å². The maximum atomic E-state index is 6.16. The van der Waals surface area contributed by atoms with Gasteiger partial charge in [-0.25, -0.2) is 0 Å². The number of hydrogen-bond donors (Lipinski definition) is 1. The predicted molar refractivity (Wildman–Crippen MR) is 78.9 cm³/mol. The summed E-state index contributed by atoms with van der Waals surface area (Å²) in [5, 5.41) is 0. The number of hydrogen-bond acceptors (Lipinski definition) is 3. The molecule has 1 aliphatic carbocycles. The third-order valence-electron chi connectivity index (χ3n) is 5.06. The first kappa shape index (κ1) is 14.6. The van der Waals surface area contributed by atoms with Gasteiger partial charge in [0.05, 0.1) is 6.26 Å². The number of furan rings is 1. The van der Waals surface area contributed by atoms with Gasteiger partial charge in [0, 0.05) is 24.2 Å². The molecule has 0 amide bonds. The summed E-state index contributed by atoms with van der Waals surface area (Å²) in [4.78, 5) is 2.46. The largest absolute Gasteiger partial charge is 0.469 e. The highest BCUT2D eigenvalue weighted by atomic mass is 16.3. The van der Waals surface area contributed by atoms with Gasteiger partial charge in [0.1, 0.15) is 5.76 Å². The van der Waals surface area contributed by atoms with Gasteiger partial charge in [-0.1, -0.05) is 26.2 Å². The Balaban J connectivity index is 2.09. The Morgan fingerprint density at radius 1 is 1.53 bits per heavy atom. The Morgan fingerprint density at radius 3 is 2.89 bits per heavy atom. The quantitative estimate of drug-likeness (QED) is 0.887. The van der Waals surface area contributed by atoms with E-state index in [0.717, 1.165) is 24.8 Å². The van der Waals surface area contributed by atoms with Crippen molar-refractivity contribution in [1.29, 1.82) is 0 Å². The number of rotatable bonds is 5.